The molecule has 1 unspecified atom stereocenters. The summed E-state index contributed by atoms with van der Waals surface area (Å²) in [6.07, 6.45) is 3.53. The van der Waals surface area contributed by atoms with Crippen molar-refractivity contribution in [2.24, 2.45) is 0 Å². The van der Waals surface area contributed by atoms with Crippen molar-refractivity contribution in [3.8, 4) is 0 Å². The molecule has 1 atom stereocenters. The molecule has 0 amide bonds. The van der Waals surface area contributed by atoms with Gasteiger partial charge in [-0.05, 0) is 49.7 Å². The summed E-state index contributed by atoms with van der Waals surface area (Å²) in [6, 6.07) is 3.23. The lowest BCUT2D eigenvalue weighted by atomic mass is 10.0. The molecule has 0 aliphatic carbocycles. The molecule has 0 saturated carbocycles. The van der Waals surface area contributed by atoms with Crippen LogP contribution in [0, 0.1) is 0 Å². The Morgan fingerprint density at radius 3 is 2.65 bits per heavy atom. The molecular formula is C12H16ClNO3. The van der Waals surface area contributed by atoms with Crippen LogP contribution in [0.1, 0.15) is 30.9 Å². The Labute approximate surface area is 105 Å². The molecule has 4 nitrogen and oxygen atoms in total. The van der Waals surface area contributed by atoms with Gasteiger partial charge in [-0.3, -0.25) is 4.79 Å². The highest BCUT2D eigenvalue weighted by molar-refractivity contribution is 6.28. The number of hydrogen-bond donors (Lipinski definition) is 1. The molecule has 0 bridgehead atoms. The van der Waals surface area contributed by atoms with Crippen molar-refractivity contribution in [1.29, 1.82) is 0 Å². The van der Waals surface area contributed by atoms with Crippen molar-refractivity contribution in [2.75, 3.05) is 19.6 Å². The maximum absolute atomic E-state index is 11.3. The van der Waals surface area contributed by atoms with Crippen LogP contribution in [0.2, 0.25) is 5.22 Å². The molecular weight excluding hydrogens is 242 g/mol. The molecule has 0 spiro atoms. The minimum Gasteiger partial charge on any atom is -0.481 e. The largest absolute Gasteiger partial charge is 0.481 e. The number of hydrogen-bond acceptors (Lipinski definition) is 3. The van der Waals surface area contributed by atoms with Gasteiger partial charge in [-0.15, -0.1) is 0 Å². The number of nitrogens with zero attached hydrogens (tertiary/aromatic N) is 1. The molecule has 1 saturated heterocycles. The first-order chi connectivity index (χ1) is 8.16. The predicted octanol–water partition coefficient (Wildman–Crippen LogP) is 2.59. The van der Waals surface area contributed by atoms with Crippen LogP contribution in [0.5, 0.6) is 0 Å². The lowest BCUT2D eigenvalue weighted by molar-refractivity contribution is -0.139. The highest BCUT2D eigenvalue weighted by Crippen LogP contribution is 2.24. The van der Waals surface area contributed by atoms with Gasteiger partial charge in [0, 0.05) is 6.54 Å². The standard InChI is InChI=1S/C12H16ClNO3/c13-11-5-4-10(17-11)9(12(15)16)8-14-6-2-1-3-7-14/h4-5,9H,1-3,6-8H2,(H,15,16). The van der Waals surface area contributed by atoms with E-state index in [1.165, 1.54) is 6.42 Å². The van der Waals surface area contributed by atoms with E-state index in [1.54, 1.807) is 12.1 Å². The fourth-order valence-corrected chi connectivity index (χ4v) is 2.36. The smallest absolute Gasteiger partial charge is 0.315 e. The summed E-state index contributed by atoms with van der Waals surface area (Å²) in [6.45, 7) is 2.44. The van der Waals surface area contributed by atoms with Crippen LogP contribution >= 0.6 is 11.6 Å². The van der Waals surface area contributed by atoms with E-state index in [0.717, 1.165) is 25.9 Å². The molecule has 1 fully saturated rings. The number of carbonyl (C=O) groups is 1. The Morgan fingerprint density at radius 2 is 2.12 bits per heavy atom. The molecule has 0 aromatic carbocycles. The molecule has 1 aliphatic rings. The van der Waals surface area contributed by atoms with Gasteiger partial charge in [0.05, 0.1) is 0 Å². The zero-order valence-electron chi connectivity index (χ0n) is 9.56. The zero-order valence-corrected chi connectivity index (χ0v) is 10.3. The highest BCUT2D eigenvalue weighted by Gasteiger charge is 2.26. The third kappa shape index (κ3) is 3.23. The van der Waals surface area contributed by atoms with Crippen LogP contribution in [0.4, 0.5) is 0 Å². The lowest BCUT2D eigenvalue weighted by Gasteiger charge is -2.28. The summed E-state index contributed by atoms with van der Waals surface area (Å²) in [4.78, 5) is 13.4. The van der Waals surface area contributed by atoms with Crippen LogP contribution in [-0.4, -0.2) is 35.6 Å². The van der Waals surface area contributed by atoms with Crippen LogP contribution in [0.15, 0.2) is 16.5 Å². The quantitative estimate of drug-likeness (QED) is 0.901. The van der Waals surface area contributed by atoms with E-state index in [1.807, 2.05) is 0 Å². The van der Waals surface area contributed by atoms with Gasteiger partial charge in [0.25, 0.3) is 0 Å². The topological polar surface area (TPSA) is 53.7 Å². The Kier molecular flexibility index (Phi) is 4.07. The highest BCUT2D eigenvalue weighted by atomic mass is 35.5. The summed E-state index contributed by atoms with van der Waals surface area (Å²) in [5.74, 6) is -1.05. The molecule has 2 heterocycles. The molecule has 17 heavy (non-hydrogen) atoms. The zero-order chi connectivity index (χ0) is 12.3. The average molecular weight is 258 g/mol. The average Bonchev–Trinajstić information content (AvgIpc) is 2.73. The van der Waals surface area contributed by atoms with Gasteiger partial charge in [0.2, 0.25) is 0 Å². The number of aliphatic carboxylic acids is 1. The summed E-state index contributed by atoms with van der Waals surface area (Å²) >= 11 is 5.68. The molecule has 1 aliphatic heterocycles. The maximum Gasteiger partial charge on any atom is 0.315 e. The van der Waals surface area contributed by atoms with E-state index in [9.17, 15) is 9.90 Å². The number of carboxylic acids is 1. The summed E-state index contributed by atoms with van der Waals surface area (Å²) in [5.41, 5.74) is 0. The minimum absolute atomic E-state index is 0.241. The fourth-order valence-electron chi connectivity index (χ4n) is 2.21. The van der Waals surface area contributed by atoms with E-state index in [0.29, 0.717) is 12.3 Å². The Balaban J connectivity index is 2.04. The van der Waals surface area contributed by atoms with Gasteiger partial charge in [-0.1, -0.05) is 6.42 Å². The normalized spacial score (nSPS) is 19.1. The molecule has 94 valence electrons. The van der Waals surface area contributed by atoms with E-state index < -0.39 is 11.9 Å². The van der Waals surface area contributed by atoms with Crippen LogP contribution in [0.3, 0.4) is 0 Å². The lowest BCUT2D eigenvalue weighted by Crippen LogP contribution is -2.35. The van der Waals surface area contributed by atoms with Crippen molar-refractivity contribution < 1.29 is 14.3 Å². The first-order valence-corrected chi connectivity index (χ1v) is 6.25. The molecule has 1 aromatic heterocycles. The number of furan rings is 1. The number of rotatable bonds is 4. The van der Waals surface area contributed by atoms with Gasteiger partial charge in [0.1, 0.15) is 11.7 Å². The number of likely N-dealkylation sites (tertiary alicyclic amines) is 1. The van der Waals surface area contributed by atoms with Gasteiger partial charge in [-0.2, -0.15) is 0 Å². The second-order valence-electron chi connectivity index (χ2n) is 4.39. The SMILES string of the molecule is O=C(O)C(CN1CCCCC1)c1ccc(Cl)o1. The van der Waals surface area contributed by atoms with Gasteiger partial charge in [-0.25, -0.2) is 0 Å². The van der Waals surface area contributed by atoms with Gasteiger partial charge >= 0.3 is 5.97 Å². The van der Waals surface area contributed by atoms with Crippen molar-refractivity contribution in [2.45, 2.75) is 25.2 Å². The third-order valence-corrected chi connectivity index (χ3v) is 3.33. The second-order valence-corrected chi connectivity index (χ2v) is 4.77. The molecule has 5 heteroatoms. The van der Waals surface area contributed by atoms with E-state index in [4.69, 9.17) is 16.0 Å². The maximum atomic E-state index is 11.3. The van der Waals surface area contributed by atoms with E-state index >= 15 is 0 Å². The summed E-state index contributed by atoms with van der Waals surface area (Å²) < 4.78 is 5.21. The Hall–Kier alpha value is -1.00. The first kappa shape index (κ1) is 12.5. The predicted molar refractivity (Wildman–Crippen MR) is 64.4 cm³/mol. The molecule has 1 aromatic rings. The summed E-state index contributed by atoms with van der Waals surface area (Å²) in [7, 11) is 0. The Bertz CT molecular complexity index is 385. The molecule has 1 N–H and O–H groups in total. The van der Waals surface area contributed by atoms with Crippen molar-refractivity contribution in [3.63, 3.8) is 0 Å². The first-order valence-electron chi connectivity index (χ1n) is 5.87. The van der Waals surface area contributed by atoms with Crippen LogP contribution in [-0.2, 0) is 4.79 Å². The number of piperidine rings is 1. The molecule has 2 rings (SSSR count). The minimum atomic E-state index is -0.860. The van der Waals surface area contributed by atoms with Crippen molar-refractivity contribution in [3.05, 3.63) is 23.1 Å². The van der Waals surface area contributed by atoms with E-state index in [2.05, 4.69) is 4.90 Å². The van der Waals surface area contributed by atoms with Gasteiger partial charge < -0.3 is 14.4 Å². The monoisotopic (exact) mass is 257 g/mol. The summed E-state index contributed by atoms with van der Waals surface area (Å²) in [5, 5.41) is 9.48. The molecule has 0 radical (unpaired) electrons. The third-order valence-electron chi connectivity index (χ3n) is 3.12. The number of halogens is 1. The van der Waals surface area contributed by atoms with E-state index in [-0.39, 0.29) is 5.22 Å². The van der Waals surface area contributed by atoms with Crippen LogP contribution in [0.25, 0.3) is 0 Å². The van der Waals surface area contributed by atoms with Crippen molar-refractivity contribution >= 4 is 17.6 Å². The number of carboxylic acid groups (broad SMARTS) is 1. The van der Waals surface area contributed by atoms with Crippen molar-refractivity contribution in [1.82, 2.24) is 4.90 Å². The Morgan fingerprint density at radius 1 is 1.41 bits per heavy atom. The van der Waals surface area contributed by atoms with Gasteiger partial charge in [0.15, 0.2) is 5.22 Å². The second kappa shape index (κ2) is 5.56. The fraction of sp³-hybridized carbons (Fsp3) is 0.583. The van der Waals surface area contributed by atoms with Crippen LogP contribution < -0.4 is 0 Å².